The molecule has 0 saturated carbocycles. The minimum Gasteiger partial charge on any atom is -0.455 e. The van der Waals surface area contributed by atoms with Gasteiger partial charge in [-0.05, 0) is 37.1 Å². The van der Waals surface area contributed by atoms with Gasteiger partial charge in [0.15, 0.2) is 11.8 Å². The van der Waals surface area contributed by atoms with Gasteiger partial charge in [0.1, 0.15) is 24.3 Å². The summed E-state index contributed by atoms with van der Waals surface area (Å²) in [4.78, 5) is 0. The summed E-state index contributed by atoms with van der Waals surface area (Å²) in [6.07, 6.45) is 2.02. The van der Waals surface area contributed by atoms with Crippen LogP contribution in [0.3, 0.4) is 0 Å². The van der Waals surface area contributed by atoms with Crippen molar-refractivity contribution in [1.29, 1.82) is 5.26 Å². The SMILES string of the molecule is Cc1cc[n+](C)c(-c2c(C)cc3c(oc4ccccc43)c2C#N)c1. The molecule has 0 radical (unpaired) electrons. The van der Waals surface area contributed by atoms with E-state index in [1.165, 1.54) is 0 Å². The molecule has 4 rings (SSSR count). The number of benzene rings is 2. The summed E-state index contributed by atoms with van der Waals surface area (Å²) >= 11 is 0. The fraction of sp³-hybridized carbons (Fsp3) is 0.143. The van der Waals surface area contributed by atoms with Gasteiger partial charge in [-0.2, -0.15) is 5.26 Å². The van der Waals surface area contributed by atoms with Gasteiger partial charge in [0, 0.05) is 22.9 Å². The third-order valence-corrected chi connectivity index (χ3v) is 4.54. The van der Waals surface area contributed by atoms with Crippen LogP contribution in [-0.2, 0) is 7.05 Å². The maximum Gasteiger partial charge on any atom is 0.214 e. The summed E-state index contributed by atoms with van der Waals surface area (Å²) in [7, 11) is 2.00. The summed E-state index contributed by atoms with van der Waals surface area (Å²) in [5, 5.41) is 11.9. The lowest BCUT2D eigenvalue weighted by Gasteiger charge is -2.08. The van der Waals surface area contributed by atoms with Crippen LogP contribution in [-0.4, -0.2) is 0 Å². The molecule has 0 aliphatic rings. The fourth-order valence-corrected chi connectivity index (χ4v) is 3.35. The predicted octanol–water partition coefficient (Wildman–Crippen LogP) is 4.57. The van der Waals surface area contributed by atoms with Crippen molar-refractivity contribution in [3.05, 3.63) is 65.4 Å². The van der Waals surface area contributed by atoms with E-state index in [2.05, 4.69) is 38.1 Å². The lowest BCUT2D eigenvalue weighted by atomic mass is 9.95. The smallest absolute Gasteiger partial charge is 0.214 e. The number of nitrogens with zero attached hydrogens (tertiary/aromatic N) is 2. The summed E-state index contributed by atoms with van der Waals surface area (Å²) in [5.41, 5.74) is 6.28. The van der Waals surface area contributed by atoms with E-state index in [4.69, 9.17) is 4.42 Å². The highest BCUT2D eigenvalue weighted by Gasteiger charge is 2.23. The molecule has 24 heavy (non-hydrogen) atoms. The van der Waals surface area contributed by atoms with Gasteiger partial charge in [-0.25, -0.2) is 4.57 Å². The van der Waals surface area contributed by atoms with Crippen LogP contribution in [0.2, 0.25) is 0 Å². The first kappa shape index (κ1) is 14.5. The second-order valence-corrected chi connectivity index (χ2v) is 6.23. The minimum absolute atomic E-state index is 0.599. The topological polar surface area (TPSA) is 40.8 Å². The zero-order valence-electron chi connectivity index (χ0n) is 13.9. The molecule has 116 valence electrons. The molecule has 0 fully saturated rings. The average molecular weight is 313 g/mol. The van der Waals surface area contributed by atoms with Crippen LogP contribution >= 0.6 is 0 Å². The number of para-hydroxylation sites is 1. The van der Waals surface area contributed by atoms with Crippen molar-refractivity contribution in [3.63, 3.8) is 0 Å². The van der Waals surface area contributed by atoms with Crippen molar-refractivity contribution in [2.24, 2.45) is 7.05 Å². The van der Waals surface area contributed by atoms with Crippen molar-refractivity contribution >= 4 is 21.9 Å². The van der Waals surface area contributed by atoms with Gasteiger partial charge < -0.3 is 4.42 Å². The van der Waals surface area contributed by atoms with E-state index >= 15 is 0 Å². The van der Waals surface area contributed by atoms with Gasteiger partial charge in [0.05, 0.1) is 5.56 Å². The zero-order chi connectivity index (χ0) is 16.8. The molecular formula is C21H17N2O+. The Morgan fingerprint density at radius 2 is 1.83 bits per heavy atom. The van der Waals surface area contributed by atoms with E-state index in [1.54, 1.807) is 0 Å². The van der Waals surface area contributed by atoms with E-state index < -0.39 is 0 Å². The number of aromatic nitrogens is 1. The zero-order valence-corrected chi connectivity index (χ0v) is 13.9. The highest BCUT2D eigenvalue weighted by atomic mass is 16.3. The quantitative estimate of drug-likeness (QED) is 0.483. The number of furan rings is 1. The molecule has 0 N–H and O–H groups in total. The van der Waals surface area contributed by atoms with Crippen LogP contribution in [0.15, 0.2) is 53.1 Å². The number of nitriles is 1. The molecule has 3 heteroatoms. The molecule has 0 saturated heterocycles. The fourth-order valence-electron chi connectivity index (χ4n) is 3.35. The maximum atomic E-state index is 9.87. The van der Waals surface area contributed by atoms with Gasteiger partial charge in [-0.15, -0.1) is 0 Å². The molecule has 3 nitrogen and oxygen atoms in total. The number of fused-ring (bicyclic) bond motifs is 3. The van der Waals surface area contributed by atoms with Crippen LogP contribution in [0.1, 0.15) is 16.7 Å². The third kappa shape index (κ3) is 2.00. The van der Waals surface area contributed by atoms with Crippen LogP contribution in [0, 0.1) is 25.2 Å². The Kier molecular flexibility index (Phi) is 3.14. The van der Waals surface area contributed by atoms with Crippen molar-refractivity contribution < 1.29 is 8.98 Å². The number of rotatable bonds is 1. The summed E-state index contributed by atoms with van der Waals surface area (Å²) in [6.45, 7) is 4.12. The van der Waals surface area contributed by atoms with Crippen LogP contribution in [0.4, 0.5) is 0 Å². The minimum atomic E-state index is 0.599. The predicted molar refractivity (Wildman–Crippen MR) is 94.5 cm³/mol. The van der Waals surface area contributed by atoms with Gasteiger partial charge in [0.2, 0.25) is 5.69 Å². The largest absolute Gasteiger partial charge is 0.455 e. The summed E-state index contributed by atoms with van der Waals surface area (Å²) in [5.74, 6) is 0. The Labute approximate surface area is 140 Å². The number of pyridine rings is 1. The Balaban J connectivity index is 2.17. The monoisotopic (exact) mass is 313 g/mol. The molecule has 0 spiro atoms. The maximum absolute atomic E-state index is 9.87. The van der Waals surface area contributed by atoms with Gasteiger partial charge in [-0.1, -0.05) is 18.2 Å². The van der Waals surface area contributed by atoms with Crippen LogP contribution < -0.4 is 4.57 Å². The molecular weight excluding hydrogens is 296 g/mol. The van der Waals surface area contributed by atoms with Crippen molar-refractivity contribution in [2.75, 3.05) is 0 Å². The van der Waals surface area contributed by atoms with Crippen molar-refractivity contribution in [1.82, 2.24) is 0 Å². The molecule has 4 aromatic rings. The van der Waals surface area contributed by atoms with Gasteiger partial charge in [0.25, 0.3) is 0 Å². The number of hydrogen-bond acceptors (Lipinski definition) is 2. The van der Waals surface area contributed by atoms with Crippen molar-refractivity contribution in [2.45, 2.75) is 13.8 Å². The molecule has 2 aromatic heterocycles. The Morgan fingerprint density at radius 3 is 2.62 bits per heavy atom. The second kappa shape index (κ2) is 5.21. The standard InChI is InChI=1S/C21H17N2O/c1-13-8-9-23(3)18(10-13)20-14(2)11-16-15-6-4-5-7-19(15)24-21(16)17(20)12-22/h4-11H,1-3H3/q+1. The van der Waals surface area contributed by atoms with E-state index in [9.17, 15) is 5.26 Å². The molecule has 2 heterocycles. The molecule has 2 aromatic carbocycles. The van der Waals surface area contributed by atoms with E-state index in [1.807, 2.05) is 42.1 Å². The number of aryl methyl sites for hydroxylation is 3. The Morgan fingerprint density at radius 1 is 1.04 bits per heavy atom. The van der Waals surface area contributed by atoms with Crippen molar-refractivity contribution in [3.8, 4) is 17.3 Å². The number of hydrogen-bond donors (Lipinski definition) is 0. The first-order chi connectivity index (χ1) is 11.6. The summed E-state index contributed by atoms with van der Waals surface area (Å²) < 4.78 is 8.08. The molecule has 0 bridgehead atoms. The molecule has 0 unspecified atom stereocenters. The van der Waals surface area contributed by atoms with Gasteiger partial charge in [-0.3, -0.25) is 0 Å². The van der Waals surface area contributed by atoms with E-state index in [0.717, 1.165) is 38.7 Å². The van der Waals surface area contributed by atoms with Crippen LogP contribution in [0.25, 0.3) is 33.2 Å². The van der Waals surface area contributed by atoms with Crippen LogP contribution in [0.5, 0.6) is 0 Å². The Bertz CT molecular complexity index is 1150. The first-order valence-electron chi connectivity index (χ1n) is 7.91. The lowest BCUT2D eigenvalue weighted by molar-refractivity contribution is -0.660. The molecule has 0 aliphatic heterocycles. The first-order valence-corrected chi connectivity index (χ1v) is 7.91. The van der Waals surface area contributed by atoms with Gasteiger partial charge >= 0.3 is 0 Å². The second-order valence-electron chi connectivity index (χ2n) is 6.23. The third-order valence-electron chi connectivity index (χ3n) is 4.54. The lowest BCUT2D eigenvalue weighted by Crippen LogP contribution is -2.30. The molecule has 0 amide bonds. The van der Waals surface area contributed by atoms with E-state index in [0.29, 0.717) is 11.1 Å². The average Bonchev–Trinajstić information content (AvgIpc) is 2.94. The van der Waals surface area contributed by atoms with E-state index in [-0.39, 0.29) is 0 Å². The summed E-state index contributed by atoms with van der Waals surface area (Å²) in [6, 6.07) is 16.6. The normalized spacial score (nSPS) is 11.1. The molecule has 0 atom stereocenters. The Hall–Kier alpha value is -3.12. The highest BCUT2D eigenvalue weighted by molar-refractivity contribution is 6.08. The highest BCUT2D eigenvalue weighted by Crippen LogP contribution is 2.37. The molecule has 0 aliphatic carbocycles.